The highest BCUT2D eigenvalue weighted by Gasteiger charge is 2.21. The van der Waals surface area contributed by atoms with Crippen LogP contribution in [0.5, 0.6) is 0 Å². The number of fused-ring (bicyclic) bond motifs is 3. The molecule has 6 aromatic rings. The average Bonchev–Trinajstić information content (AvgIpc) is 3.56. The van der Waals surface area contributed by atoms with Gasteiger partial charge >= 0.3 is 5.97 Å². The third-order valence-electron chi connectivity index (χ3n) is 6.41. The van der Waals surface area contributed by atoms with E-state index in [1.807, 2.05) is 72.8 Å². The lowest BCUT2D eigenvalue weighted by atomic mass is 10.1. The van der Waals surface area contributed by atoms with Gasteiger partial charge in [0.25, 0.3) is 0 Å². The van der Waals surface area contributed by atoms with Crippen LogP contribution in [-0.2, 0) is 16.1 Å². The molecule has 0 fully saturated rings. The fourth-order valence-corrected chi connectivity index (χ4v) is 6.21. The van der Waals surface area contributed by atoms with Crippen molar-refractivity contribution in [1.29, 1.82) is 0 Å². The van der Waals surface area contributed by atoms with Crippen LogP contribution in [0.4, 0.5) is 5.00 Å². The quantitative estimate of drug-likeness (QED) is 0.151. The molecular weight excluding hydrogens is 555 g/mol. The zero-order valence-corrected chi connectivity index (χ0v) is 23.7. The first-order valence-electron chi connectivity index (χ1n) is 13.1. The second-order valence-corrected chi connectivity index (χ2v) is 11.1. The molecule has 3 heterocycles. The Kier molecular flexibility index (Phi) is 7.75. The molecule has 6 rings (SSSR count). The summed E-state index contributed by atoms with van der Waals surface area (Å²) in [5.41, 5.74) is 4.88. The first-order chi connectivity index (χ1) is 20.1. The molecule has 3 aromatic carbocycles. The Bertz CT molecular complexity index is 1850. The summed E-state index contributed by atoms with van der Waals surface area (Å²) in [7, 11) is 0. The van der Waals surface area contributed by atoms with E-state index in [1.165, 1.54) is 23.1 Å². The number of amides is 1. The number of anilines is 1. The summed E-state index contributed by atoms with van der Waals surface area (Å²) in [5, 5.41) is 13.5. The summed E-state index contributed by atoms with van der Waals surface area (Å²) in [6.45, 7) is 2.63. The Labute approximate surface area is 244 Å². The number of thioether (sulfide) groups is 1. The molecule has 0 aliphatic carbocycles. The Morgan fingerprint density at radius 1 is 0.951 bits per heavy atom. The van der Waals surface area contributed by atoms with Crippen LogP contribution in [0.3, 0.4) is 0 Å². The van der Waals surface area contributed by atoms with Gasteiger partial charge in [0.15, 0.2) is 5.65 Å². The molecular formula is C31H25N5O3S2. The van der Waals surface area contributed by atoms with Crippen LogP contribution in [0.2, 0.25) is 0 Å². The number of nitrogens with one attached hydrogen (secondary N) is 1. The van der Waals surface area contributed by atoms with Crippen LogP contribution in [-0.4, -0.2) is 44.0 Å². The number of benzene rings is 3. The van der Waals surface area contributed by atoms with Crippen molar-refractivity contribution >= 4 is 62.0 Å². The van der Waals surface area contributed by atoms with Gasteiger partial charge in [-0.25, -0.2) is 9.78 Å². The van der Waals surface area contributed by atoms with Gasteiger partial charge in [0.1, 0.15) is 10.5 Å². The van der Waals surface area contributed by atoms with E-state index in [1.54, 1.807) is 13.0 Å². The van der Waals surface area contributed by atoms with Gasteiger partial charge in [0, 0.05) is 16.8 Å². The minimum absolute atomic E-state index is 0.0485. The van der Waals surface area contributed by atoms with Crippen LogP contribution in [0, 0.1) is 0 Å². The minimum Gasteiger partial charge on any atom is -0.462 e. The lowest BCUT2D eigenvalue weighted by molar-refractivity contribution is -0.113. The van der Waals surface area contributed by atoms with E-state index >= 15 is 0 Å². The maximum atomic E-state index is 13.0. The Morgan fingerprint density at radius 3 is 2.46 bits per heavy atom. The van der Waals surface area contributed by atoms with Crippen molar-refractivity contribution in [3.8, 4) is 10.4 Å². The molecule has 0 saturated heterocycles. The number of hydrogen-bond donors (Lipinski definition) is 1. The van der Waals surface area contributed by atoms with Crippen LogP contribution in [0.1, 0.15) is 22.8 Å². The zero-order chi connectivity index (χ0) is 28.2. The van der Waals surface area contributed by atoms with E-state index in [0.29, 0.717) is 27.9 Å². The summed E-state index contributed by atoms with van der Waals surface area (Å²) in [6, 6.07) is 29.7. The molecule has 1 amide bonds. The SMILES string of the molecule is CCOC(=O)c1cc(-c2ccccc2)sc1NC(=O)CSc1nnc2c3ccccc3n(Cc3ccccc3)c2n1. The predicted molar refractivity (Wildman–Crippen MR) is 163 cm³/mol. The lowest BCUT2D eigenvalue weighted by Gasteiger charge is -2.07. The molecule has 204 valence electrons. The third-order valence-corrected chi connectivity index (χ3v) is 8.35. The lowest BCUT2D eigenvalue weighted by Crippen LogP contribution is -2.16. The Balaban J connectivity index is 1.23. The van der Waals surface area contributed by atoms with E-state index in [2.05, 4.69) is 32.2 Å². The highest BCUT2D eigenvalue weighted by Crippen LogP contribution is 2.36. The van der Waals surface area contributed by atoms with E-state index in [4.69, 9.17) is 9.72 Å². The van der Waals surface area contributed by atoms with Crippen LogP contribution < -0.4 is 5.32 Å². The van der Waals surface area contributed by atoms with Crippen molar-refractivity contribution in [2.45, 2.75) is 18.6 Å². The van der Waals surface area contributed by atoms with Gasteiger partial charge in [-0.15, -0.1) is 21.5 Å². The van der Waals surface area contributed by atoms with Gasteiger partial charge in [0.05, 0.1) is 23.4 Å². The van der Waals surface area contributed by atoms with Crippen LogP contribution in [0.15, 0.2) is 96.2 Å². The van der Waals surface area contributed by atoms with E-state index in [9.17, 15) is 9.59 Å². The molecule has 10 heteroatoms. The van der Waals surface area contributed by atoms with E-state index in [-0.39, 0.29) is 18.3 Å². The monoisotopic (exact) mass is 579 g/mol. The molecule has 1 N–H and O–H groups in total. The van der Waals surface area contributed by atoms with Crippen molar-refractivity contribution in [3.05, 3.63) is 102 Å². The Morgan fingerprint density at radius 2 is 1.68 bits per heavy atom. The van der Waals surface area contributed by atoms with Crippen molar-refractivity contribution in [1.82, 2.24) is 19.7 Å². The molecule has 0 atom stereocenters. The van der Waals surface area contributed by atoms with Gasteiger partial charge in [-0.2, -0.15) is 0 Å². The maximum Gasteiger partial charge on any atom is 0.341 e. The van der Waals surface area contributed by atoms with Crippen molar-refractivity contribution < 1.29 is 14.3 Å². The second kappa shape index (κ2) is 11.9. The standard InChI is InChI=1S/C31H25N5O3S2/c1-2-39-30(38)23-17-25(21-13-7-4-8-14-21)41-29(23)32-26(37)19-40-31-33-28-27(34-35-31)22-15-9-10-16-24(22)36(28)18-20-11-5-3-6-12-20/h3-17H,2,18-19H2,1H3,(H,32,37). The highest BCUT2D eigenvalue weighted by atomic mass is 32.2. The molecule has 0 spiro atoms. The Hall–Kier alpha value is -4.54. The first kappa shape index (κ1) is 26.7. The number of carbonyl (C=O) groups excluding carboxylic acids is 2. The van der Waals surface area contributed by atoms with E-state index < -0.39 is 5.97 Å². The van der Waals surface area contributed by atoms with Crippen LogP contribution >= 0.6 is 23.1 Å². The summed E-state index contributed by atoms with van der Waals surface area (Å²) < 4.78 is 7.36. The van der Waals surface area contributed by atoms with Crippen molar-refractivity contribution in [2.75, 3.05) is 17.7 Å². The summed E-state index contributed by atoms with van der Waals surface area (Å²) in [6.07, 6.45) is 0. The maximum absolute atomic E-state index is 13.0. The van der Waals surface area contributed by atoms with Gasteiger partial charge in [0.2, 0.25) is 11.1 Å². The predicted octanol–water partition coefficient (Wildman–Crippen LogP) is 6.66. The molecule has 3 aromatic heterocycles. The second-order valence-electron chi connectivity index (χ2n) is 9.13. The summed E-state index contributed by atoms with van der Waals surface area (Å²) in [4.78, 5) is 31.3. The van der Waals surface area contributed by atoms with E-state index in [0.717, 1.165) is 32.4 Å². The summed E-state index contributed by atoms with van der Waals surface area (Å²) in [5.74, 6) is -0.707. The molecule has 0 radical (unpaired) electrons. The number of esters is 1. The number of nitrogens with zero attached hydrogens (tertiary/aromatic N) is 4. The highest BCUT2D eigenvalue weighted by molar-refractivity contribution is 7.99. The first-order valence-corrected chi connectivity index (χ1v) is 14.9. The van der Waals surface area contributed by atoms with Gasteiger partial charge in [-0.05, 0) is 30.2 Å². The number of carbonyl (C=O) groups is 2. The topological polar surface area (TPSA) is 99.0 Å². The third kappa shape index (κ3) is 5.70. The van der Waals surface area contributed by atoms with Gasteiger partial charge < -0.3 is 14.6 Å². The molecule has 0 saturated carbocycles. The number of para-hydroxylation sites is 1. The number of thiophene rings is 1. The molecule has 8 nitrogen and oxygen atoms in total. The largest absolute Gasteiger partial charge is 0.462 e. The number of aromatic nitrogens is 4. The fourth-order valence-electron chi connectivity index (χ4n) is 4.56. The van der Waals surface area contributed by atoms with Crippen LogP contribution in [0.25, 0.3) is 32.5 Å². The number of hydrogen-bond acceptors (Lipinski definition) is 8. The smallest absolute Gasteiger partial charge is 0.341 e. The van der Waals surface area contributed by atoms with Crippen molar-refractivity contribution in [3.63, 3.8) is 0 Å². The van der Waals surface area contributed by atoms with Gasteiger partial charge in [-0.3, -0.25) is 4.79 Å². The zero-order valence-electron chi connectivity index (χ0n) is 22.1. The molecule has 0 aliphatic heterocycles. The fraction of sp³-hybridized carbons (Fsp3) is 0.129. The minimum atomic E-state index is -0.474. The molecule has 0 unspecified atom stereocenters. The summed E-state index contributed by atoms with van der Waals surface area (Å²) >= 11 is 2.53. The number of ether oxygens (including phenoxy) is 1. The van der Waals surface area contributed by atoms with Crippen molar-refractivity contribution in [2.24, 2.45) is 0 Å². The number of rotatable bonds is 9. The molecule has 0 aliphatic rings. The normalized spacial score (nSPS) is 11.1. The van der Waals surface area contributed by atoms with Gasteiger partial charge in [-0.1, -0.05) is 90.6 Å². The molecule has 0 bridgehead atoms. The molecule has 41 heavy (non-hydrogen) atoms. The average molecular weight is 580 g/mol.